The zero-order chi connectivity index (χ0) is 21.1. The number of hydrogen-bond donors (Lipinski definition) is 3. The number of allylic oxidation sites excluding steroid dienone is 2. The van der Waals surface area contributed by atoms with Crippen molar-refractivity contribution >= 4 is 58.1 Å². The normalized spacial score (nSPS) is 14.2. The van der Waals surface area contributed by atoms with Crippen molar-refractivity contribution in [2.24, 2.45) is 0 Å². The summed E-state index contributed by atoms with van der Waals surface area (Å²) in [6.07, 6.45) is 2.91. The highest BCUT2D eigenvalue weighted by atomic mass is 35.5. The third-order valence-corrected chi connectivity index (χ3v) is 5.24. The number of carboxylic acid groups (broad SMARTS) is 1. The Kier molecular flexibility index (Phi) is 6.42. The summed E-state index contributed by atoms with van der Waals surface area (Å²) >= 11 is 17.7. The molecule has 1 heterocycles. The summed E-state index contributed by atoms with van der Waals surface area (Å²) in [6.45, 7) is 0. The SMILES string of the molecule is O=C1CC(N[C@@H](Cc2ccc(NC(=O)c3c(Cl)cncc3Cl)cc2)C(=O)O)=C1Cl. The van der Waals surface area contributed by atoms with Gasteiger partial charge >= 0.3 is 5.97 Å². The molecule has 3 N–H and O–H groups in total. The number of ketones is 1. The van der Waals surface area contributed by atoms with Crippen molar-refractivity contribution in [1.29, 1.82) is 0 Å². The van der Waals surface area contributed by atoms with Crippen LogP contribution in [0, 0.1) is 0 Å². The van der Waals surface area contributed by atoms with Gasteiger partial charge in [0.1, 0.15) is 11.1 Å². The second-order valence-corrected chi connectivity index (χ2v) is 7.45. The van der Waals surface area contributed by atoms with Crippen molar-refractivity contribution in [3.05, 3.63) is 68.6 Å². The van der Waals surface area contributed by atoms with Crippen molar-refractivity contribution in [1.82, 2.24) is 10.3 Å². The van der Waals surface area contributed by atoms with Gasteiger partial charge in [-0.25, -0.2) is 4.79 Å². The molecule has 7 nitrogen and oxygen atoms in total. The average molecular weight is 455 g/mol. The quantitative estimate of drug-likeness (QED) is 0.589. The Bertz CT molecular complexity index is 1000. The van der Waals surface area contributed by atoms with Crippen LogP contribution in [0.4, 0.5) is 5.69 Å². The summed E-state index contributed by atoms with van der Waals surface area (Å²) in [4.78, 5) is 38.9. The molecular weight excluding hydrogens is 441 g/mol. The van der Waals surface area contributed by atoms with Crippen LogP contribution >= 0.6 is 34.8 Å². The van der Waals surface area contributed by atoms with E-state index in [1.165, 1.54) is 12.4 Å². The molecule has 0 saturated heterocycles. The molecule has 0 bridgehead atoms. The van der Waals surface area contributed by atoms with E-state index in [2.05, 4.69) is 15.6 Å². The first kappa shape index (κ1) is 21.1. The lowest BCUT2D eigenvalue weighted by molar-refractivity contribution is -0.139. The Balaban J connectivity index is 1.67. The van der Waals surface area contributed by atoms with Gasteiger partial charge in [-0.1, -0.05) is 46.9 Å². The fourth-order valence-corrected chi connectivity index (χ4v) is 3.41. The van der Waals surface area contributed by atoms with Crippen molar-refractivity contribution in [3.8, 4) is 0 Å². The number of benzene rings is 1. The van der Waals surface area contributed by atoms with Crippen molar-refractivity contribution < 1.29 is 19.5 Å². The molecule has 1 aromatic carbocycles. The first-order valence-electron chi connectivity index (χ1n) is 8.36. The number of carbonyl (C=O) groups excluding carboxylic acids is 2. The molecule has 1 atom stereocenters. The second kappa shape index (κ2) is 8.82. The van der Waals surface area contributed by atoms with Crippen LogP contribution in [0.2, 0.25) is 10.0 Å². The summed E-state index contributed by atoms with van der Waals surface area (Å²) in [7, 11) is 0. The topological polar surface area (TPSA) is 108 Å². The molecular formula is C19H14Cl3N3O4. The lowest BCUT2D eigenvalue weighted by Gasteiger charge is -2.24. The maximum atomic E-state index is 12.4. The number of hydrogen-bond acceptors (Lipinski definition) is 5. The fourth-order valence-electron chi connectivity index (χ4n) is 2.68. The van der Waals surface area contributed by atoms with Crippen molar-refractivity contribution in [2.45, 2.75) is 18.9 Å². The molecule has 0 aliphatic heterocycles. The Morgan fingerprint density at radius 1 is 1.10 bits per heavy atom. The fraction of sp³-hybridized carbons (Fsp3) is 0.158. The molecule has 10 heteroatoms. The number of carbonyl (C=O) groups is 3. The lowest BCUT2D eigenvalue weighted by atomic mass is 10.0. The van der Waals surface area contributed by atoms with Gasteiger partial charge in [-0.05, 0) is 17.7 Å². The third-order valence-electron chi connectivity index (χ3n) is 4.23. The number of pyridine rings is 1. The highest BCUT2D eigenvalue weighted by Gasteiger charge is 2.29. The number of Topliss-reactive ketones (excluding diaryl/α,β-unsaturated/α-hetero) is 1. The summed E-state index contributed by atoms with van der Waals surface area (Å²) in [5.74, 6) is -1.77. The molecule has 29 heavy (non-hydrogen) atoms. The number of nitrogens with zero attached hydrogens (tertiary/aromatic N) is 1. The monoisotopic (exact) mass is 453 g/mol. The largest absolute Gasteiger partial charge is 0.480 e. The molecule has 3 rings (SSSR count). The molecule has 1 aromatic heterocycles. The van der Waals surface area contributed by atoms with Crippen LogP contribution in [0.15, 0.2) is 47.4 Å². The number of anilines is 1. The first-order valence-corrected chi connectivity index (χ1v) is 9.50. The van der Waals surface area contributed by atoms with E-state index in [1.54, 1.807) is 24.3 Å². The zero-order valence-electron chi connectivity index (χ0n) is 14.7. The number of nitrogens with one attached hydrogen (secondary N) is 2. The summed E-state index contributed by atoms with van der Waals surface area (Å²) < 4.78 is 0. The highest BCUT2D eigenvalue weighted by molar-refractivity contribution is 6.45. The van der Waals surface area contributed by atoms with Crippen LogP contribution in [0.3, 0.4) is 0 Å². The van der Waals surface area contributed by atoms with E-state index in [0.29, 0.717) is 16.9 Å². The molecule has 0 unspecified atom stereocenters. The van der Waals surface area contributed by atoms with E-state index < -0.39 is 17.9 Å². The molecule has 0 radical (unpaired) electrons. The Morgan fingerprint density at radius 3 is 2.24 bits per heavy atom. The molecule has 0 fully saturated rings. The van der Waals surface area contributed by atoms with Crippen LogP contribution < -0.4 is 10.6 Å². The lowest BCUT2D eigenvalue weighted by Crippen LogP contribution is -2.41. The number of carboxylic acids is 1. The first-order chi connectivity index (χ1) is 13.8. The van der Waals surface area contributed by atoms with Crippen molar-refractivity contribution in [3.63, 3.8) is 0 Å². The van der Waals surface area contributed by atoms with Crippen LogP contribution in [0.25, 0.3) is 0 Å². The van der Waals surface area contributed by atoms with Gasteiger partial charge in [0.2, 0.25) is 0 Å². The highest BCUT2D eigenvalue weighted by Crippen LogP contribution is 2.26. The van der Waals surface area contributed by atoms with E-state index in [1.807, 2.05) is 0 Å². The number of aromatic nitrogens is 1. The summed E-state index contributed by atoms with van der Waals surface area (Å²) in [5, 5.41) is 15.2. The molecule has 1 aliphatic rings. The molecule has 150 valence electrons. The number of amides is 1. The zero-order valence-corrected chi connectivity index (χ0v) is 17.0. The Labute approximate surface area is 180 Å². The minimum atomic E-state index is -1.07. The van der Waals surface area contributed by atoms with Gasteiger partial charge < -0.3 is 15.7 Å². The van der Waals surface area contributed by atoms with Gasteiger partial charge in [-0.3, -0.25) is 14.6 Å². The van der Waals surface area contributed by atoms with Gasteiger partial charge in [0.25, 0.3) is 5.91 Å². The maximum absolute atomic E-state index is 12.4. The van der Waals surface area contributed by atoms with Gasteiger partial charge in [-0.2, -0.15) is 0 Å². The molecule has 1 aliphatic carbocycles. The third kappa shape index (κ3) is 4.87. The maximum Gasteiger partial charge on any atom is 0.326 e. The Hall–Kier alpha value is -2.61. The van der Waals surface area contributed by atoms with Gasteiger partial charge in [0, 0.05) is 30.2 Å². The molecule has 1 amide bonds. The molecule has 0 spiro atoms. The Morgan fingerprint density at radius 2 is 1.72 bits per heavy atom. The minimum Gasteiger partial charge on any atom is -0.480 e. The molecule has 2 aromatic rings. The van der Waals surface area contributed by atoms with Crippen LogP contribution in [-0.4, -0.2) is 33.8 Å². The second-order valence-electron chi connectivity index (χ2n) is 6.26. The number of aliphatic carboxylic acids is 1. The molecule has 0 saturated carbocycles. The van der Waals surface area contributed by atoms with Gasteiger partial charge in [-0.15, -0.1) is 0 Å². The average Bonchev–Trinajstić information content (AvgIpc) is 2.67. The number of rotatable bonds is 7. The summed E-state index contributed by atoms with van der Waals surface area (Å²) in [6, 6.07) is 5.69. The predicted octanol–water partition coefficient (Wildman–Crippen LogP) is 3.65. The summed E-state index contributed by atoms with van der Waals surface area (Å²) in [5.41, 5.74) is 1.74. The minimum absolute atomic E-state index is 0.0442. The number of halogens is 3. The van der Waals surface area contributed by atoms with E-state index in [4.69, 9.17) is 34.8 Å². The van der Waals surface area contributed by atoms with E-state index in [0.717, 1.165) is 0 Å². The van der Waals surface area contributed by atoms with Crippen LogP contribution in [-0.2, 0) is 16.0 Å². The van der Waals surface area contributed by atoms with Crippen molar-refractivity contribution in [2.75, 3.05) is 5.32 Å². The van der Waals surface area contributed by atoms with E-state index >= 15 is 0 Å². The van der Waals surface area contributed by atoms with Crippen LogP contribution in [0.1, 0.15) is 22.3 Å². The predicted molar refractivity (Wildman–Crippen MR) is 109 cm³/mol. The van der Waals surface area contributed by atoms with Crippen LogP contribution in [0.5, 0.6) is 0 Å². The van der Waals surface area contributed by atoms with Gasteiger partial charge in [0.15, 0.2) is 5.78 Å². The van der Waals surface area contributed by atoms with E-state index in [-0.39, 0.29) is 39.3 Å². The van der Waals surface area contributed by atoms with Gasteiger partial charge in [0.05, 0.1) is 22.0 Å². The standard InChI is InChI=1S/C19H14Cl3N3O4/c20-11-7-23-8-12(21)16(11)18(27)24-10-3-1-9(2-4-10)5-14(19(28)29)25-13-6-15(26)17(13)22/h1-4,7-8,14,25H,5-6H2,(H,24,27)(H,28,29)/t14-/m0/s1. The van der Waals surface area contributed by atoms with E-state index in [9.17, 15) is 19.5 Å². The smallest absolute Gasteiger partial charge is 0.326 e.